The molecule has 4 heterocycles. The lowest BCUT2D eigenvalue weighted by Gasteiger charge is -2.32. The standard InChI is InChI=1S/C18H18F6N6O2S/c1-10-15(16(18(22,23)24)28(2)27-10)33(31,32)29-5-3-11(4-6-29)12-8-30-14(25-9-26-30)7-13(12)17(19,20)21/h7-9,11H,3-6H2,1-2H3. The summed E-state index contributed by atoms with van der Waals surface area (Å²) in [6.45, 7) is 0.675. The lowest BCUT2D eigenvalue weighted by molar-refractivity contribution is -0.146. The smallest absolute Gasteiger partial charge is 0.262 e. The Labute approximate surface area is 183 Å². The second-order valence-corrected chi connectivity index (χ2v) is 9.64. The number of fused-ring (bicyclic) bond motifs is 1. The van der Waals surface area contributed by atoms with Crippen LogP contribution in [0.5, 0.6) is 0 Å². The maximum absolute atomic E-state index is 13.6. The number of aromatic nitrogens is 5. The van der Waals surface area contributed by atoms with E-state index in [4.69, 9.17) is 0 Å². The molecule has 180 valence electrons. The fourth-order valence-corrected chi connectivity index (χ4v) is 6.10. The van der Waals surface area contributed by atoms with Gasteiger partial charge < -0.3 is 0 Å². The first kappa shape index (κ1) is 23.5. The van der Waals surface area contributed by atoms with E-state index in [9.17, 15) is 34.8 Å². The Morgan fingerprint density at radius 3 is 2.27 bits per heavy atom. The van der Waals surface area contributed by atoms with E-state index in [0.29, 0.717) is 4.68 Å². The van der Waals surface area contributed by atoms with Gasteiger partial charge in [0.1, 0.15) is 11.2 Å². The SMILES string of the molecule is Cc1nn(C)c(C(F)(F)F)c1S(=O)(=O)N1CCC(c2cn3ncnc3cc2C(F)(F)F)CC1. The predicted octanol–water partition coefficient (Wildman–Crippen LogP) is 3.38. The first-order chi connectivity index (χ1) is 15.2. The van der Waals surface area contributed by atoms with Crippen LogP contribution in [0.3, 0.4) is 0 Å². The van der Waals surface area contributed by atoms with Crippen molar-refractivity contribution in [1.29, 1.82) is 0 Å². The van der Waals surface area contributed by atoms with Crippen molar-refractivity contribution in [3.63, 3.8) is 0 Å². The van der Waals surface area contributed by atoms with E-state index < -0.39 is 44.4 Å². The van der Waals surface area contributed by atoms with Gasteiger partial charge in [-0.2, -0.15) is 40.8 Å². The molecule has 33 heavy (non-hydrogen) atoms. The van der Waals surface area contributed by atoms with E-state index in [2.05, 4.69) is 15.2 Å². The number of nitrogens with zero attached hydrogens (tertiary/aromatic N) is 6. The fraction of sp³-hybridized carbons (Fsp3) is 0.500. The molecule has 15 heteroatoms. The van der Waals surface area contributed by atoms with Crippen LogP contribution in [0.2, 0.25) is 0 Å². The molecule has 0 aliphatic carbocycles. The van der Waals surface area contributed by atoms with Crippen molar-refractivity contribution < 1.29 is 34.8 Å². The van der Waals surface area contributed by atoms with Crippen molar-refractivity contribution >= 4 is 15.7 Å². The first-order valence-electron chi connectivity index (χ1n) is 9.72. The highest BCUT2D eigenvalue weighted by atomic mass is 32.2. The molecule has 0 unspecified atom stereocenters. The first-order valence-corrected chi connectivity index (χ1v) is 11.2. The minimum atomic E-state index is -4.95. The van der Waals surface area contributed by atoms with Crippen LogP contribution in [-0.4, -0.2) is 50.2 Å². The zero-order valence-corrected chi connectivity index (χ0v) is 18.1. The van der Waals surface area contributed by atoms with Crippen molar-refractivity contribution in [3.05, 3.63) is 41.1 Å². The molecular weight excluding hydrogens is 478 g/mol. The molecule has 0 saturated carbocycles. The molecule has 0 amide bonds. The van der Waals surface area contributed by atoms with E-state index in [1.165, 1.54) is 10.7 Å². The van der Waals surface area contributed by atoms with E-state index >= 15 is 0 Å². The number of hydrogen-bond acceptors (Lipinski definition) is 5. The van der Waals surface area contributed by atoms with Crippen LogP contribution in [0, 0.1) is 6.92 Å². The molecule has 1 fully saturated rings. The molecule has 0 radical (unpaired) electrons. The Morgan fingerprint density at radius 1 is 1.06 bits per heavy atom. The molecule has 0 aromatic carbocycles. The Kier molecular flexibility index (Phi) is 5.47. The highest BCUT2D eigenvalue weighted by Gasteiger charge is 2.45. The Bertz CT molecular complexity index is 1300. The van der Waals surface area contributed by atoms with Crippen LogP contribution < -0.4 is 0 Å². The van der Waals surface area contributed by atoms with Gasteiger partial charge in [-0.1, -0.05) is 0 Å². The third kappa shape index (κ3) is 4.07. The molecule has 0 bridgehead atoms. The molecule has 0 N–H and O–H groups in total. The van der Waals surface area contributed by atoms with Crippen molar-refractivity contribution in [2.24, 2.45) is 7.05 Å². The summed E-state index contributed by atoms with van der Waals surface area (Å²) < 4.78 is 110. The zero-order chi connectivity index (χ0) is 24.3. The second-order valence-electron chi connectivity index (χ2n) is 7.77. The zero-order valence-electron chi connectivity index (χ0n) is 17.3. The number of rotatable bonds is 3. The van der Waals surface area contributed by atoms with Gasteiger partial charge in [0.25, 0.3) is 0 Å². The highest BCUT2D eigenvalue weighted by molar-refractivity contribution is 7.89. The number of halogens is 6. The van der Waals surface area contributed by atoms with Gasteiger partial charge >= 0.3 is 12.4 Å². The summed E-state index contributed by atoms with van der Waals surface area (Å²) in [5.41, 5.74) is -2.64. The van der Waals surface area contributed by atoms with Gasteiger partial charge in [-0.25, -0.2) is 17.9 Å². The summed E-state index contributed by atoms with van der Waals surface area (Å²) in [4.78, 5) is 2.83. The Morgan fingerprint density at radius 2 is 1.70 bits per heavy atom. The van der Waals surface area contributed by atoms with Crippen molar-refractivity contribution in [1.82, 2.24) is 28.7 Å². The summed E-state index contributed by atoms with van der Waals surface area (Å²) >= 11 is 0. The van der Waals surface area contributed by atoms with Gasteiger partial charge in [0.05, 0.1) is 11.3 Å². The number of pyridine rings is 1. The van der Waals surface area contributed by atoms with Gasteiger partial charge in [0.15, 0.2) is 11.3 Å². The minimum absolute atomic E-state index is 0.0107. The van der Waals surface area contributed by atoms with Crippen molar-refractivity contribution in [3.8, 4) is 0 Å². The highest BCUT2D eigenvalue weighted by Crippen LogP contribution is 2.41. The molecule has 3 aromatic rings. The maximum atomic E-state index is 13.6. The largest absolute Gasteiger partial charge is 0.434 e. The topological polar surface area (TPSA) is 85.4 Å². The Balaban J connectivity index is 1.65. The third-order valence-corrected chi connectivity index (χ3v) is 7.73. The summed E-state index contributed by atoms with van der Waals surface area (Å²) in [6.07, 6.45) is -7.31. The van der Waals surface area contributed by atoms with Gasteiger partial charge in [-0.05, 0) is 37.3 Å². The molecule has 0 spiro atoms. The summed E-state index contributed by atoms with van der Waals surface area (Å²) in [6, 6.07) is 0.875. The van der Waals surface area contributed by atoms with Gasteiger partial charge in [0, 0.05) is 26.3 Å². The number of sulfonamides is 1. The van der Waals surface area contributed by atoms with Crippen LogP contribution in [0.1, 0.15) is 41.3 Å². The van der Waals surface area contributed by atoms with Gasteiger partial charge in [-0.3, -0.25) is 4.68 Å². The molecule has 1 aliphatic rings. The molecule has 3 aromatic heterocycles. The lowest BCUT2D eigenvalue weighted by atomic mass is 9.88. The maximum Gasteiger partial charge on any atom is 0.434 e. The predicted molar refractivity (Wildman–Crippen MR) is 102 cm³/mol. The lowest BCUT2D eigenvalue weighted by Crippen LogP contribution is -2.39. The molecule has 1 saturated heterocycles. The third-order valence-electron chi connectivity index (χ3n) is 5.68. The number of hydrogen-bond donors (Lipinski definition) is 0. The van der Waals surface area contributed by atoms with E-state index in [1.54, 1.807) is 0 Å². The van der Waals surface area contributed by atoms with Crippen LogP contribution in [0.4, 0.5) is 26.3 Å². The molecule has 4 rings (SSSR count). The van der Waals surface area contributed by atoms with Crippen molar-refractivity contribution in [2.75, 3.05) is 13.1 Å². The second kappa shape index (κ2) is 7.68. The van der Waals surface area contributed by atoms with Crippen LogP contribution in [0.25, 0.3) is 5.65 Å². The van der Waals surface area contributed by atoms with Crippen LogP contribution in [0.15, 0.2) is 23.5 Å². The number of piperidine rings is 1. The quantitative estimate of drug-likeness (QED) is 0.519. The summed E-state index contributed by atoms with van der Waals surface area (Å²) in [5.74, 6) is -0.668. The minimum Gasteiger partial charge on any atom is -0.262 e. The average molecular weight is 496 g/mol. The van der Waals surface area contributed by atoms with Gasteiger partial charge in [-0.15, -0.1) is 0 Å². The van der Waals surface area contributed by atoms with Crippen molar-refractivity contribution in [2.45, 2.75) is 42.9 Å². The van der Waals surface area contributed by atoms with E-state index in [0.717, 1.165) is 30.7 Å². The number of alkyl halides is 6. The Hall–Kier alpha value is -2.68. The molecular formula is C18H18F6N6O2S. The number of aryl methyl sites for hydroxylation is 2. The normalized spacial score (nSPS) is 17.2. The summed E-state index contributed by atoms with van der Waals surface area (Å²) in [7, 11) is -3.58. The summed E-state index contributed by atoms with van der Waals surface area (Å²) in [5, 5.41) is 7.47. The monoisotopic (exact) mass is 496 g/mol. The fourth-order valence-electron chi connectivity index (χ4n) is 4.24. The average Bonchev–Trinajstić information content (AvgIpc) is 3.29. The van der Waals surface area contributed by atoms with Crippen LogP contribution in [-0.2, 0) is 29.4 Å². The van der Waals surface area contributed by atoms with Crippen LogP contribution >= 0.6 is 0 Å². The van der Waals surface area contributed by atoms with E-state index in [-0.39, 0.29) is 42.8 Å². The molecule has 0 atom stereocenters. The van der Waals surface area contributed by atoms with E-state index in [1.807, 2.05) is 0 Å². The molecule has 8 nitrogen and oxygen atoms in total. The van der Waals surface area contributed by atoms with Gasteiger partial charge in [0.2, 0.25) is 10.0 Å². The molecule has 1 aliphatic heterocycles.